The summed E-state index contributed by atoms with van der Waals surface area (Å²) in [7, 11) is 0. The van der Waals surface area contributed by atoms with Crippen LogP contribution < -0.4 is 5.32 Å². The van der Waals surface area contributed by atoms with Gasteiger partial charge in [-0.3, -0.25) is 0 Å². The number of anilines is 1. The van der Waals surface area contributed by atoms with Gasteiger partial charge in [-0.05, 0) is 42.7 Å². The van der Waals surface area contributed by atoms with Gasteiger partial charge in [-0.2, -0.15) is 0 Å². The van der Waals surface area contributed by atoms with Crippen LogP contribution in [0.1, 0.15) is 16.7 Å². The van der Waals surface area contributed by atoms with E-state index in [-0.39, 0.29) is 0 Å². The monoisotopic (exact) mass is 279 g/mol. The first-order chi connectivity index (χ1) is 8.59. The highest BCUT2D eigenvalue weighted by Gasteiger charge is 2.06. The molecule has 18 heavy (non-hydrogen) atoms. The predicted molar refractivity (Wildman–Crippen MR) is 79.7 cm³/mol. The average molecular weight is 280 g/mol. The fraction of sp³-hybridized carbons (Fsp3) is 0.200. The van der Waals surface area contributed by atoms with Crippen molar-refractivity contribution < 1.29 is 0 Å². The fourth-order valence-corrected chi connectivity index (χ4v) is 2.38. The molecule has 2 rings (SSSR count). The van der Waals surface area contributed by atoms with Gasteiger partial charge in [0.25, 0.3) is 0 Å². The van der Waals surface area contributed by atoms with Crippen LogP contribution in [0, 0.1) is 13.8 Å². The zero-order valence-electron chi connectivity index (χ0n) is 10.4. The molecule has 0 aromatic heterocycles. The largest absolute Gasteiger partial charge is 0.379 e. The molecule has 3 heteroatoms. The number of nitrogens with one attached hydrogen (secondary N) is 1. The molecule has 0 heterocycles. The van der Waals surface area contributed by atoms with Crippen LogP contribution in [0.4, 0.5) is 5.69 Å². The highest BCUT2D eigenvalue weighted by Crippen LogP contribution is 2.30. The van der Waals surface area contributed by atoms with Crippen molar-refractivity contribution in [1.82, 2.24) is 0 Å². The van der Waals surface area contributed by atoms with Crippen LogP contribution in [0.25, 0.3) is 0 Å². The highest BCUT2D eigenvalue weighted by molar-refractivity contribution is 6.39. The first-order valence-electron chi connectivity index (χ1n) is 5.82. The summed E-state index contributed by atoms with van der Waals surface area (Å²) < 4.78 is 0. The van der Waals surface area contributed by atoms with Gasteiger partial charge in [-0.15, -0.1) is 0 Å². The van der Waals surface area contributed by atoms with Crippen LogP contribution in [-0.2, 0) is 6.54 Å². The molecule has 0 aliphatic rings. The lowest BCUT2D eigenvalue weighted by atomic mass is 10.0. The first-order valence-corrected chi connectivity index (χ1v) is 6.58. The van der Waals surface area contributed by atoms with Crippen molar-refractivity contribution in [3.05, 3.63) is 63.1 Å². The van der Waals surface area contributed by atoms with Gasteiger partial charge in [-0.1, -0.05) is 47.5 Å². The number of para-hydroxylation sites is 1. The van der Waals surface area contributed by atoms with Gasteiger partial charge >= 0.3 is 0 Å². The Morgan fingerprint density at radius 1 is 0.944 bits per heavy atom. The lowest BCUT2D eigenvalue weighted by molar-refractivity contribution is 1.10. The van der Waals surface area contributed by atoms with E-state index in [2.05, 4.69) is 37.4 Å². The summed E-state index contributed by atoms with van der Waals surface area (Å²) in [6.07, 6.45) is 0. The Labute approximate surface area is 118 Å². The minimum absolute atomic E-state index is 0.646. The van der Waals surface area contributed by atoms with Crippen molar-refractivity contribution in [2.45, 2.75) is 20.4 Å². The van der Waals surface area contributed by atoms with Crippen LogP contribution in [0.5, 0.6) is 0 Å². The van der Waals surface area contributed by atoms with Crippen LogP contribution in [0.2, 0.25) is 10.0 Å². The zero-order valence-corrected chi connectivity index (χ0v) is 11.9. The van der Waals surface area contributed by atoms with Gasteiger partial charge in [0.2, 0.25) is 0 Å². The highest BCUT2D eigenvalue weighted by atomic mass is 35.5. The van der Waals surface area contributed by atoms with E-state index in [1.54, 1.807) is 0 Å². The van der Waals surface area contributed by atoms with E-state index >= 15 is 0 Å². The minimum atomic E-state index is 0.646. The summed E-state index contributed by atoms with van der Waals surface area (Å²) in [5.74, 6) is 0. The predicted octanol–water partition coefficient (Wildman–Crippen LogP) is 5.22. The van der Waals surface area contributed by atoms with Gasteiger partial charge in [-0.25, -0.2) is 0 Å². The fourth-order valence-electron chi connectivity index (χ4n) is 1.85. The van der Waals surface area contributed by atoms with Crippen molar-refractivity contribution in [1.29, 1.82) is 0 Å². The maximum absolute atomic E-state index is 6.12. The number of rotatable bonds is 3. The van der Waals surface area contributed by atoms with Gasteiger partial charge in [0.15, 0.2) is 0 Å². The number of hydrogen-bond acceptors (Lipinski definition) is 1. The Kier molecular flexibility index (Phi) is 4.15. The second-order valence-corrected chi connectivity index (χ2v) is 5.12. The molecule has 0 fully saturated rings. The van der Waals surface area contributed by atoms with Crippen LogP contribution in [0.15, 0.2) is 36.4 Å². The van der Waals surface area contributed by atoms with Crippen molar-refractivity contribution in [3.8, 4) is 0 Å². The van der Waals surface area contributed by atoms with Gasteiger partial charge < -0.3 is 5.32 Å². The topological polar surface area (TPSA) is 12.0 Å². The third-order valence-electron chi connectivity index (χ3n) is 3.14. The third kappa shape index (κ3) is 2.80. The minimum Gasteiger partial charge on any atom is -0.379 e. The van der Waals surface area contributed by atoms with E-state index < -0.39 is 0 Å². The molecule has 0 amide bonds. The number of aryl methyl sites for hydroxylation is 1. The Balaban J connectivity index is 2.19. The molecule has 0 aliphatic carbocycles. The zero-order chi connectivity index (χ0) is 13.1. The molecular weight excluding hydrogens is 265 g/mol. The second kappa shape index (κ2) is 5.64. The second-order valence-electron chi connectivity index (χ2n) is 4.31. The van der Waals surface area contributed by atoms with Crippen LogP contribution >= 0.6 is 23.2 Å². The summed E-state index contributed by atoms with van der Waals surface area (Å²) in [6, 6.07) is 11.8. The molecule has 0 bridgehead atoms. The lowest BCUT2D eigenvalue weighted by Crippen LogP contribution is -2.03. The Morgan fingerprint density at radius 3 is 2.22 bits per heavy atom. The van der Waals surface area contributed by atoms with Crippen molar-refractivity contribution in [2.75, 3.05) is 5.32 Å². The average Bonchev–Trinajstić information content (AvgIpc) is 2.33. The molecule has 0 radical (unpaired) electrons. The molecule has 1 N–H and O–H groups in total. The summed E-state index contributed by atoms with van der Waals surface area (Å²) in [6.45, 7) is 4.96. The molecule has 0 atom stereocenters. The lowest BCUT2D eigenvalue weighted by Gasteiger charge is -2.13. The number of hydrogen-bond donors (Lipinski definition) is 1. The van der Waals surface area contributed by atoms with Crippen molar-refractivity contribution in [3.63, 3.8) is 0 Å². The van der Waals surface area contributed by atoms with E-state index in [9.17, 15) is 0 Å². The Morgan fingerprint density at radius 2 is 1.56 bits per heavy atom. The smallest absolute Gasteiger partial charge is 0.0721 e. The Hall–Kier alpha value is -1.18. The van der Waals surface area contributed by atoms with Crippen molar-refractivity contribution >= 4 is 28.9 Å². The molecule has 0 aliphatic heterocycles. The van der Waals surface area contributed by atoms with Gasteiger partial charge in [0.05, 0.1) is 15.7 Å². The molecule has 0 unspecified atom stereocenters. The van der Waals surface area contributed by atoms with Gasteiger partial charge in [0, 0.05) is 6.54 Å². The molecule has 1 nitrogen and oxygen atoms in total. The van der Waals surface area contributed by atoms with Crippen LogP contribution in [-0.4, -0.2) is 0 Å². The number of benzene rings is 2. The summed E-state index contributed by atoms with van der Waals surface area (Å²) in [5.41, 5.74) is 4.64. The van der Waals surface area contributed by atoms with Gasteiger partial charge in [0.1, 0.15) is 0 Å². The molecule has 2 aromatic rings. The maximum Gasteiger partial charge on any atom is 0.0721 e. The molecule has 0 saturated carbocycles. The Bertz CT molecular complexity index is 544. The van der Waals surface area contributed by atoms with E-state index in [0.717, 1.165) is 12.2 Å². The summed E-state index contributed by atoms with van der Waals surface area (Å²) in [4.78, 5) is 0. The molecular formula is C15H15Cl2N. The van der Waals surface area contributed by atoms with E-state index in [0.29, 0.717) is 10.0 Å². The standard InChI is InChI=1S/C15H15Cl2N/c1-10-5-3-6-12(11(10)2)9-18-15-13(16)7-4-8-14(15)17/h3-8,18H,9H2,1-2H3. The third-order valence-corrected chi connectivity index (χ3v) is 3.77. The molecule has 2 aromatic carbocycles. The van der Waals surface area contributed by atoms with Crippen LogP contribution in [0.3, 0.4) is 0 Å². The van der Waals surface area contributed by atoms with E-state index in [1.165, 1.54) is 16.7 Å². The van der Waals surface area contributed by atoms with Crippen molar-refractivity contribution in [2.24, 2.45) is 0 Å². The molecule has 0 spiro atoms. The molecule has 0 saturated heterocycles. The normalized spacial score (nSPS) is 10.4. The summed E-state index contributed by atoms with van der Waals surface area (Å²) >= 11 is 12.2. The van der Waals surface area contributed by atoms with E-state index in [4.69, 9.17) is 23.2 Å². The first kappa shape index (κ1) is 13.3. The quantitative estimate of drug-likeness (QED) is 0.812. The summed E-state index contributed by atoms with van der Waals surface area (Å²) in [5, 5.41) is 4.59. The molecule has 94 valence electrons. The SMILES string of the molecule is Cc1cccc(CNc2c(Cl)cccc2Cl)c1C. The number of halogens is 2. The van der Waals surface area contributed by atoms with E-state index in [1.807, 2.05) is 18.2 Å². The maximum atomic E-state index is 6.12.